The minimum absolute atomic E-state index is 0.0957. The number of hydrogen-bond donors (Lipinski definition) is 1. The third-order valence-corrected chi connectivity index (χ3v) is 3.03. The minimum Gasteiger partial charge on any atom is -0.370 e. The van der Waals surface area contributed by atoms with Gasteiger partial charge in [0.25, 0.3) is 0 Å². The number of aromatic nitrogens is 2. The maximum atomic E-state index is 6.04. The van der Waals surface area contributed by atoms with Gasteiger partial charge in [-0.3, -0.25) is 0 Å². The summed E-state index contributed by atoms with van der Waals surface area (Å²) in [7, 11) is 0. The summed E-state index contributed by atoms with van der Waals surface area (Å²) in [5.41, 5.74) is 6.04. The smallest absolute Gasteiger partial charge is 0.243 e. The lowest BCUT2D eigenvalue weighted by Gasteiger charge is -2.13. The number of nitrogens with two attached hydrogens (primary N) is 1. The van der Waals surface area contributed by atoms with Gasteiger partial charge in [-0.2, -0.15) is 4.98 Å². The third kappa shape index (κ3) is 3.51. The molecular formula is C12H23N3O2. The van der Waals surface area contributed by atoms with Crippen LogP contribution >= 0.6 is 0 Å². The van der Waals surface area contributed by atoms with Gasteiger partial charge in [-0.15, -0.1) is 0 Å². The molecule has 1 heterocycles. The second-order valence-electron chi connectivity index (χ2n) is 4.25. The summed E-state index contributed by atoms with van der Waals surface area (Å²) in [6.45, 7) is 8.80. The van der Waals surface area contributed by atoms with Crippen molar-refractivity contribution in [3.8, 4) is 0 Å². The monoisotopic (exact) mass is 241 g/mol. The summed E-state index contributed by atoms with van der Waals surface area (Å²) >= 11 is 0. The van der Waals surface area contributed by atoms with E-state index in [9.17, 15) is 0 Å². The molecule has 98 valence electrons. The van der Waals surface area contributed by atoms with E-state index in [1.165, 1.54) is 0 Å². The van der Waals surface area contributed by atoms with Crippen molar-refractivity contribution < 1.29 is 9.26 Å². The van der Waals surface area contributed by atoms with E-state index < -0.39 is 0 Å². The van der Waals surface area contributed by atoms with Crippen LogP contribution in [0, 0.1) is 5.92 Å². The van der Waals surface area contributed by atoms with Crippen LogP contribution in [0.4, 0.5) is 0 Å². The Morgan fingerprint density at radius 1 is 1.29 bits per heavy atom. The van der Waals surface area contributed by atoms with Gasteiger partial charge in [0.2, 0.25) is 11.7 Å². The van der Waals surface area contributed by atoms with Crippen molar-refractivity contribution in [2.24, 2.45) is 11.7 Å². The van der Waals surface area contributed by atoms with E-state index in [4.69, 9.17) is 15.0 Å². The molecule has 0 aliphatic heterocycles. The highest BCUT2D eigenvalue weighted by Crippen LogP contribution is 2.23. The molecule has 0 saturated carbocycles. The average Bonchev–Trinajstić information content (AvgIpc) is 2.83. The van der Waals surface area contributed by atoms with Crippen molar-refractivity contribution in [2.75, 3.05) is 6.61 Å². The fourth-order valence-corrected chi connectivity index (χ4v) is 1.59. The molecular weight excluding hydrogens is 218 g/mol. The van der Waals surface area contributed by atoms with Crippen LogP contribution in [0.15, 0.2) is 4.52 Å². The SMILES string of the molecule is CCOC(CC)c1noc(C(N)C(C)CC)n1. The summed E-state index contributed by atoms with van der Waals surface area (Å²) in [5, 5.41) is 3.95. The molecule has 5 heteroatoms. The van der Waals surface area contributed by atoms with Crippen LogP contribution in [0.25, 0.3) is 0 Å². The zero-order chi connectivity index (χ0) is 12.8. The van der Waals surface area contributed by atoms with Gasteiger partial charge >= 0.3 is 0 Å². The van der Waals surface area contributed by atoms with Crippen LogP contribution < -0.4 is 5.73 Å². The van der Waals surface area contributed by atoms with Gasteiger partial charge in [0.1, 0.15) is 6.10 Å². The molecule has 0 bridgehead atoms. The van der Waals surface area contributed by atoms with Gasteiger partial charge in [0, 0.05) is 6.61 Å². The maximum Gasteiger partial charge on any atom is 0.243 e. The molecule has 1 aromatic heterocycles. The Labute approximate surface area is 103 Å². The molecule has 0 radical (unpaired) electrons. The topological polar surface area (TPSA) is 74.2 Å². The van der Waals surface area contributed by atoms with Crippen LogP contribution in [0.5, 0.6) is 0 Å². The average molecular weight is 241 g/mol. The summed E-state index contributed by atoms with van der Waals surface area (Å²) in [4.78, 5) is 4.34. The lowest BCUT2D eigenvalue weighted by molar-refractivity contribution is 0.0518. The third-order valence-electron chi connectivity index (χ3n) is 3.03. The molecule has 0 fully saturated rings. The van der Waals surface area contributed by atoms with Gasteiger partial charge in [-0.1, -0.05) is 32.3 Å². The lowest BCUT2D eigenvalue weighted by atomic mass is 10.0. The Bertz CT molecular complexity index is 311. The zero-order valence-electron chi connectivity index (χ0n) is 11.1. The van der Waals surface area contributed by atoms with Crippen molar-refractivity contribution in [3.63, 3.8) is 0 Å². The van der Waals surface area contributed by atoms with Gasteiger partial charge in [-0.25, -0.2) is 0 Å². The van der Waals surface area contributed by atoms with E-state index >= 15 is 0 Å². The standard InChI is InChI=1S/C12H23N3O2/c1-5-8(4)10(13)12-14-11(15-17-12)9(6-2)16-7-3/h8-10H,5-7,13H2,1-4H3. The Morgan fingerprint density at radius 3 is 2.53 bits per heavy atom. The van der Waals surface area contributed by atoms with Crippen molar-refractivity contribution >= 4 is 0 Å². The predicted molar refractivity (Wildman–Crippen MR) is 65.3 cm³/mol. The van der Waals surface area contributed by atoms with E-state index in [-0.39, 0.29) is 12.1 Å². The van der Waals surface area contributed by atoms with Gasteiger partial charge in [-0.05, 0) is 19.3 Å². The molecule has 0 aliphatic rings. The molecule has 0 spiro atoms. The molecule has 2 N–H and O–H groups in total. The number of ether oxygens (including phenoxy) is 1. The van der Waals surface area contributed by atoms with Gasteiger partial charge < -0.3 is 15.0 Å². The molecule has 1 aromatic rings. The van der Waals surface area contributed by atoms with Gasteiger partial charge in [0.05, 0.1) is 6.04 Å². The second kappa shape index (κ2) is 6.71. The molecule has 3 unspecified atom stereocenters. The maximum absolute atomic E-state index is 6.04. The van der Waals surface area contributed by atoms with Crippen molar-refractivity contribution in [1.82, 2.24) is 10.1 Å². The summed E-state index contributed by atoms with van der Waals surface area (Å²) < 4.78 is 10.7. The predicted octanol–water partition coefficient (Wildman–Crippen LogP) is 2.60. The van der Waals surface area contributed by atoms with Crippen LogP contribution in [0.3, 0.4) is 0 Å². The fraction of sp³-hybridized carbons (Fsp3) is 0.833. The lowest BCUT2D eigenvalue weighted by Crippen LogP contribution is -2.19. The van der Waals surface area contributed by atoms with Crippen molar-refractivity contribution in [3.05, 3.63) is 11.7 Å². The van der Waals surface area contributed by atoms with Crippen LogP contribution in [-0.2, 0) is 4.74 Å². The first-order valence-corrected chi connectivity index (χ1v) is 6.34. The highest BCUT2D eigenvalue weighted by atomic mass is 16.5. The largest absolute Gasteiger partial charge is 0.370 e. The number of nitrogens with zero attached hydrogens (tertiary/aromatic N) is 2. The first-order valence-electron chi connectivity index (χ1n) is 6.34. The van der Waals surface area contributed by atoms with Crippen LogP contribution in [-0.4, -0.2) is 16.7 Å². The van der Waals surface area contributed by atoms with E-state index in [0.717, 1.165) is 12.8 Å². The molecule has 0 aromatic carbocycles. The quantitative estimate of drug-likeness (QED) is 0.794. The highest BCUT2D eigenvalue weighted by Gasteiger charge is 2.23. The number of rotatable bonds is 7. The van der Waals surface area contributed by atoms with E-state index in [1.807, 2.05) is 13.8 Å². The second-order valence-corrected chi connectivity index (χ2v) is 4.25. The minimum atomic E-state index is -0.194. The summed E-state index contributed by atoms with van der Waals surface area (Å²) in [6.07, 6.45) is 1.72. The molecule has 17 heavy (non-hydrogen) atoms. The Balaban J connectivity index is 2.76. The van der Waals surface area contributed by atoms with E-state index in [2.05, 4.69) is 24.0 Å². The first-order chi connectivity index (χ1) is 8.13. The molecule has 1 rings (SSSR count). The highest BCUT2D eigenvalue weighted by molar-refractivity contribution is 4.96. The van der Waals surface area contributed by atoms with Crippen LogP contribution in [0.2, 0.25) is 0 Å². The summed E-state index contributed by atoms with van der Waals surface area (Å²) in [5.74, 6) is 1.44. The van der Waals surface area contributed by atoms with E-state index in [0.29, 0.717) is 24.2 Å². The number of hydrogen-bond acceptors (Lipinski definition) is 5. The fourth-order valence-electron chi connectivity index (χ4n) is 1.59. The molecule has 3 atom stereocenters. The van der Waals surface area contributed by atoms with Crippen LogP contribution in [0.1, 0.15) is 64.4 Å². The molecule has 5 nitrogen and oxygen atoms in total. The van der Waals surface area contributed by atoms with Crippen molar-refractivity contribution in [2.45, 2.75) is 52.7 Å². The zero-order valence-corrected chi connectivity index (χ0v) is 11.1. The Kier molecular flexibility index (Phi) is 5.58. The summed E-state index contributed by atoms with van der Waals surface area (Å²) in [6, 6.07) is -0.194. The van der Waals surface area contributed by atoms with Crippen molar-refractivity contribution in [1.29, 1.82) is 0 Å². The molecule has 0 aliphatic carbocycles. The Hall–Kier alpha value is -0.940. The first kappa shape index (κ1) is 14.1. The molecule has 0 saturated heterocycles. The Morgan fingerprint density at radius 2 is 2.00 bits per heavy atom. The molecule has 0 amide bonds. The normalized spacial score (nSPS) is 16.8. The van der Waals surface area contributed by atoms with Gasteiger partial charge in [0.15, 0.2) is 0 Å². The van der Waals surface area contributed by atoms with E-state index in [1.54, 1.807) is 0 Å².